The van der Waals surface area contributed by atoms with E-state index in [0.29, 0.717) is 11.6 Å². The van der Waals surface area contributed by atoms with Gasteiger partial charge < -0.3 is 15.7 Å². The number of rotatable bonds is 5. The molecule has 0 heterocycles. The van der Waals surface area contributed by atoms with E-state index in [1.165, 1.54) is 18.9 Å². The van der Waals surface area contributed by atoms with E-state index in [9.17, 15) is 9.59 Å². The molecule has 1 aliphatic carbocycles. The summed E-state index contributed by atoms with van der Waals surface area (Å²) in [6, 6.07) is 6.97. The van der Waals surface area contributed by atoms with Gasteiger partial charge in [0, 0.05) is 17.8 Å². The lowest BCUT2D eigenvalue weighted by Crippen LogP contribution is -2.37. The molecule has 5 heteroatoms. The highest BCUT2D eigenvalue weighted by molar-refractivity contribution is 5.90. The first-order valence-electron chi connectivity index (χ1n) is 6.63. The Bertz CT molecular complexity index is 518. The molecule has 0 bridgehead atoms. The third-order valence-corrected chi connectivity index (χ3v) is 3.27. The molecule has 20 heavy (non-hydrogen) atoms. The molecule has 1 atom stereocenters. The number of carbonyl (C=O) groups is 2. The van der Waals surface area contributed by atoms with Crippen LogP contribution in [0, 0.1) is 5.92 Å². The van der Waals surface area contributed by atoms with E-state index in [-0.39, 0.29) is 12.1 Å². The summed E-state index contributed by atoms with van der Waals surface area (Å²) in [5.74, 6) is -0.370. The van der Waals surface area contributed by atoms with Crippen molar-refractivity contribution in [3.05, 3.63) is 35.9 Å². The number of nitrogens with one attached hydrogen (secondary N) is 2. The average molecular weight is 274 g/mol. The van der Waals surface area contributed by atoms with Gasteiger partial charge in [-0.15, -0.1) is 0 Å². The number of carboxylic acid groups (broad SMARTS) is 1. The van der Waals surface area contributed by atoms with Crippen LogP contribution in [0.2, 0.25) is 0 Å². The highest BCUT2D eigenvalue weighted by atomic mass is 16.4. The molecule has 0 saturated heterocycles. The summed E-state index contributed by atoms with van der Waals surface area (Å²) in [5.41, 5.74) is 1.45. The van der Waals surface area contributed by atoms with Crippen LogP contribution in [-0.4, -0.2) is 23.1 Å². The van der Waals surface area contributed by atoms with Crippen LogP contribution >= 0.6 is 0 Å². The molecule has 3 N–H and O–H groups in total. The van der Waals surface area contributed by atoms with Crippen molar-refractivity contribution < 1.29 is 14.7 Å². The molecule has 5 nitrogen and oxygen atoms in total. The van der Waals surface area contributed by atoms with Gasteiger partial charge in [0.05, 0.1) is 0 Å². The summed E-state index contributed by atoms with van der Waals surface area (Å²) in [6.45, 7) is 2.01. The molecule has 106 valence electrons. The second-order valence-corrected chi connectivity index (χ2v) is 5.02. The quantitative estimate of drug-likeness (QED) is 0.722. The van der Waals surface area contributed by atoms with Crippen LogP contribution in [0.25, 0.3) is 6.08 Å². The van der Waals surface area contributed by atoms with Crippen LogP contribution in [-0.2, 0) is 4.79 Å². The predicted octanol–water partition coefficient (Wildman–Crippen LogP) is 2.70. The first-order chi connectivity index (χ1) is 9.54. The van der Waals surface area contributed by atoms with Crippen molar-refractivity contribution in [2.24, 2.45) is 5.92 Å². The topological polar surface area (TPSA) is 78.4 Å². The number of hydrogen-bond donors (Lipinski definition) is 3. The van der Waals surface area contributed by atoms with Crippen LogP contribution < -0.4 is 10.6 Å². The van der Waals surface area contributed by atoms with Gasteiger partial charge in [-0.25, -0.2) is 9.59 Å². The van der Waals surface area contributed by atoms with E-state index in [2.05, 4.69) is 10.6 Å². The first kappa shape index (κ1) is 14.1. The molecule has 0 spiro atoms. The summed E-state index contributed by atoms with van der Waals surface area (Å²) in [4.78, 5) is 22.1. The zero-order valence-electron chi connectivity index (χ0n) is 11.3. The molecule has 0 radical (unpaired) electrons. The summed E-state index contributed by atoms with van der Waals surface area (Å²) >= 11 is 0. The minimum absolute atomic E-state index is 0.202. The number of aliphatic carboxylic acids is 1. The second-order valence-electron chi connectivity index (χ2n) is 5.02. The Morgan fingerprint density at radius 1 is 1.30 bits per heavy atom. The molecule has 1 unspecified atom stereocenters. The van der Waals surface area contributed by atoms with Crippen LogP contribution in [0.4, 0.5) is 10.5 Å². The van der Waals surface area contributed by atoms with Crippen LogP contribution in [0.3, 0.4) is 0 Å². The van der Waals surface area contributed by atoms with Gasteiger partial charge in [-0.05, 0) is 49.5 Å². The predicted molar refractivity (Wildman–Crippen MR) is 77.5 cm³/mol. The fourth-order valence-electron chi connectivity index (χ4n) is 1.93. The summed E-state index contributed by atoms with van der Waals surface area (Å²) in [5, 5.41) is 14.2. The van der Waals surface area contributed by atoms with E-state index in [0.717, 1.165) is 11.6 Å². The summed E-state index contributed by atoms with van der Waals surface area (Å²) in [6.07, 6.45) is 4.95. The molecule has 1 fully saturated rings. The van der Waals surface area contributed by atoms with E-state index in [1.54, 1.807) is 24.3 Å². The second kappa shape index (κ2) is 6.23. The first-order valence-corrected chi connectivity index (χ1v) is 6.63. The average Bonchev–Trinajstić information content (AvgIpc) is 3.22. The highest BCUT2D eigenvalue weighted by Crippen LogP contribution is 2.32. The smallest absolute Gasteiger partial charge is 0.328 e. The fraction of sp³-hybridized carbons (Fsp3) is 0.333. The van der Waals surface area contributed by atoms with Gasteiger partial charge in [-0.3, -0.25) is 0 Å². The number of anilines is 1. The van der Waals surface area contributed by atoms with Crippen LogP contribution in [0.15, 0.2) is 30.3 Å². The van der Waals surface area contributed by atoms with Crippen molar-refractivity contribution in [2.45, 2.75) is 25.8 Å². The van der Waals surface area contributed by atoms with Gasteiger partial charge in [0.15, 0.2) is 0 Å². The van der Waals surface area contributed by atoms with Crippen molar-refractivity contribution in [3.8, 4) is 0 Å². The van der Waals surface area contributed by atoms with Gasteiger partial charge in [0.2, 0.25) is 0 Å². The van der Waals surface area contributed by atoms with Crippen molar-refractivity contribution in [3.63, 3.8) is 0 Å². The van der Waals surface area contributed by atoms with Gasteiger partial charge in [-0.1, -0.05) is 12.1 Å². The maximum atomic E-state index is 11.7. The van der Waals surface area contributed by atoms with E-state index in [1.807, 2.05) is 6.92 Å². The monoisotopic (exact) mass is 274 g/mol. The van der Waals surface area contributed by atoms with Crippen LogP contribution in [0.5, 0.6) is 0 Å². The molecule has 0 aromatic heterocycles. The Morgan fingerprint density at radius 3 is 2.50 bits per heavy atom. The Kier molecular flexibility index (Phi) is 4.40. The molecule has 2 amide bonds. The molecule has 1 saturated carbocycles. The lowest BCUT2D eigenvalue weighted by atomic mass is 10.2. The number of benzene rings is 1. The van der Waals surface area contributed by atoms with E-state index < -0.39 is 5.97 Å². The normalized spacial score (nSPS) is 15.8. The van der Waals surface area contributed by atoms with Crippen molar-refractivity contribution >= 4 is 23.8 Å². The van der Waals surface area contributed by atoms with Crippen molar-refractivity contribution in [1.82, 2.24) is 5.32 Å². The van der Waals surface area contributed by atoms with Crippen molar-refractivity contribution in [2.75, 3.05) is 5.32 Å². The number of carbonyl (C=O) groups excluding carboxylic acids is 1. The van der Waals surface area contributed by atoms with Crippen LogP contribution in [0.1, 0.15) is 25.3 Å². The molecular weight excluding hydrogens is 256 g/mol. The maximum absolute atomic E-state index is 11.7. The van der Waals surface area contributed by atoms with E-state index in [4.69, 9.17) is 5.11 Å². The zero-order chi connectivity index (χ0) is 14.5. The number of amides is 2. The minimum atomic E-state index is -0.986. The minimum Gasteiger partial charge on any atom is -0.478 e. The lowest BCUT2D eigenvalue weighted by Gasteiger charge is -2.13. The highest BCUT2D eigenvalue weighted by Gasteiger charge is 2.28. The maximum Gasteiger partial charge on any atom is 0.328 e. The molecular formula is C15H18N2O3. The molecule has 1 aromatic carbocycles. The van der Waals surface area contributed by atoms with E-state index >= 15 is 0 Å². The summed E-state index contributed by atoms with van der Waals surface area (Å²) in [7, 11) is 0. The number of hydrogen-bond acceptors (Lipinski definition) is 2. The van der Waals surface area contributed by atoms with Gasteiger partial charge in [0.1, 0.15) is 0 Å². The molecule has 1 aliphatic rings. The summed E-state index contributed by atoms with van der Waals surface area (Å²) < 4.78 is 0. The Labute approximate surface area is 117 Å². The fourth-order valence-corrected chi connectivity index (χ4v) is 1.93. The van der Waals surface area contributed by atoms with Gasteiger partial charge in [0.25, 0.3) is 0 Å². The van der Waals surface area contributed by atoms with Crippen molar-refractivity contribution in [1.29, 1.82) is 0 Å². The lowest BCUT2D eigenvalue weighted by molar-refractivity contribution is -0.131. The standard InChI is InChI=1S/C15H18N2O3/c1-10(12-5-6-12)16-15(20)17-13-7-2-11(3-8-13)4-9-14(18)19/h2-4,7-10,12H,5-6H2,1H3,(H,18,19)(H2,16,17,20). The zero-order valence-corrected chi connectivity index (χ0v) is 11.3. The Morgan fingerprint density at radius 2 is 1.95 bits per heavy atom. The van der Waals surface area contributed by atoms with Gasteiger partial charge in [-0.2, -0.15) is 0 Å². The largest absolute Gasteiger partial charge is 0.478 e. The molecule has 0 aliphatic heterocycles. The Balaban J connectivity index is 1.86. The Hall–Kier alpha value is -2.30. The number of urea groups is 1. The van der Waals surface area contributed by atoms with Gasteiger partial charge >= 0.3 is 12.0 Å². The molecule has 1 aromatic rings. The molecule has 2 rings (SSSR count). The third-order valence-electron chi connectivity index (χ3n) is 3.27. The SMILES string of the molecule is CC(NC(=O)Nc1ccc(C=CC(=O)O)cc1)C1CC1. The third kappa shape index (κ3) is 4.42. The number of carboxylic acids is 1.